The van der Waals surface area contributed by atoms with Crippen molar-refractivity contribution in [1.82, 2.24) is 0 Å². The van der Waals surface area contributed by atoms with Crippen molar-refractivity contribution >= 4 is 0 Å². The van der Waals surface area contributed by atoms with Crippen LogP contribution in [0.5, 0.6) is 5.75 Å². The van der Waals surface area contributed by atoms with Crippen LogP contribution in [0.1, 0.15) is 11.1 Å². The Morgan fingerprint density at radius 3 is 1.95 bits per heavy atom. The maximum absolute atomic E-state index is 9.59. The van der Waals surface area contributed by atoms with Gasteiger partial charge in [-0.2, -0.15) is 0 Å². The van der Waals surface area contributed by atoms with Crippen LogP contribution in [0, 0.1) is 0 Å². The molecule has 0 aliphatic rings. The first-order valence-electron chi connectivity index (χ1n) is 6.46. The second-order valence-corrected chi connectivity index (χ2v) is 4.08. The van der Waals surface area contributed by atoms with Crippen LogP contribution in [0.4, 0.5) is 0 Å². The number of benzene rings is 2. The van der Waals surface area contributed by atoms with Crippen molar-refractivity contribution in [3.05, 3.63) is 91.4 Å². The normalized spacial score (nSPS) is 8.57. The summed E-state index contributed by atoms with van der Waals surface area (Å²) in [4.78, 5) is 0. The number of hydrogen-bond acceptors (Lipinski definition) is 2. The molecule has 0 aliphatic carbocycles. The van der Waals surface area contributed by atoms with E-state index in [2.05, 4.69) is 30.0 Å². The van der Waals surface area contributed by atoms with Crippen LogP contribution in [0.2, 0.25) is 0 Å². The van der Waals surface area contributed by atoms with Crippen molar-refractivity contribution < 1.29 is 15.3 Å². The second kappa shape index (κ2) is 11.3. The third kappa shape index (κ3) is 7.60. The molecule has 0 radical (unpaired) electrons. The minimum absolute atomic E-state index is 0. The summed E-state index contributed by atoms with van der Waals surface area (Å²) in [5.74, 6) is 0.397. The molecule has 0 fully saturated rings. The SMILES string of the molecule is C=COC=C.O.Oc1ccccc1CCc1ccccc1. The highest BCUT2D eigenvalue weighted by Crippen LogP contribution is 2.17. The van der Waals surface area contributed by atoms with Crippen LogP contribution in [-0.4, -0.2) is 10.6 Å². The Balaban J connectivity index is 0.000000583. The molecule has 2 aromatic carbocycles. The van der Waals surface area contributed by atoms with Gasteiger partial charge in [0.25, 0.3) is 0 Å². The Morgan fingerprint density at radius 1 is 0.857 bits per heavy atom. The smallest absolute Gasteiger partial charge is 0.118 e. The molecular weight excluding hydrogens is 264 g/mol. The maximum Gasteiger partial charge on any atom is 0.118 e. The lowest BCUT2D eigenvalue weighted by Gasteiger charge is -2.03. The number of phenols is 1. The summed E-state index contributed by atoms with van der Waals surface area (Å²) in [5, 5.41) is 9.59. The summed E-state index contributed by atoms with van der Waals surface area (Å²) in [7, 11) is 0. The fraction of sp³-hybridized carbons (Fsp3) is 0.111. The number of hydrogen-bond donors (Lipinski definition) is 1. The number of aromatic hydroxyl groups is 1. The zero-order valence-corrected chi connectivity index (χ0v) is 12.0. The number of para-hydroxylation sites is 1. The third-order valence-electron chi connectivity index (χ3n) is 2.71. The van der Waals surface area contributed by atoms with Crippen molar-refractivity contribution in [1.29, 1.82) is 0 Å². The maximum atomic E-state index is 9.59. The summed E-state index contributed by atoms with van der Waals surface area (Å²) in [6.45, 7) is 6.51. The van der Waals surface area contributed by atoms with Gasteiger partial charge in [-0.05, 0) is 30.0 Å². The molecule has 3 nitrogen and oxygen atoms in total. The molecule has 0 atom stereocenters. The predicted molar refractivity (Wildman–Crippen MR) is 87.0 cm³/mol. The third-order valence-corrected chi connectivity index (χ3v) is 2.71. The lowest BCUT2D eigenvalue weighted by molar-refractivity contribution is 0.406. The zero-order valence-electron chi connectivity index (χ0n) is 12.0. The van der Waals surface area contributed by atoms with Gasteiger partial charge in [0.2, 0.25) is 0 Å². The molecule has 0 heterocycles. The molecule has 0 spiro atoms. The fourth-order valence-electron chi connectivity index (χ4n) is 1.71. The van der Waals surface area contributed by atoms with E-state index in [9.17, 15) is 5.11 Å². The monoisotopic (exact) mass is 286 g/mol. The van der Waals surface area contributed by atoms with Crippen LogP contribution in [0.3, 0.4) is 0 Å². The molecule has 0 unspecified atom stereocenters. The van der Waals surface area contributed by atoms with Gasteiger partial charge < -0.3 is 15.3 Å². The van der Waals surface area contributed by atoms with Crippen LogP contribution >= 0.6 is 0 Å². The van der Waals surface area contributed by atoms with Gasteiger partial charge in [0.1, 0.15) is 5.75 Å². The summed E-state index contributed by atoms with van der Waals surface area (Å²) in [5.41, 5.74) is 2.32. The van der Waals surface area contributed by atoms with Gasteiger partial charge in [-0.1, -0.05) is 61.7 Å². The highest BCUT2D eigenvalue weighted by atomic mass is 16.5. The minimum Gasteiger partial charge on any atom is -0.508 e. The van der Waals surface area contributed by atoms with E-state index in [0.717, 1.165) is 18.4 Å². The van der Waals surface area contributed by atoms with E-state index in [1.165, 1.54) is 18.1 Å². The van der Waals surface area contributed by atoms with Gasteiger partial charge in [-0.25, -0.2) is 0 Å². The van der Waals surface area contributed by atoms with Crippen molar-refractivity contribution in [2.75, 3.05) is 0 Å². The lowest BCUT2D eigenvalue weighted by atomic mass is 10.0. The quantitative estimate of drug-likeness (QED) is 0.853. The summed E-state index contributed by atoms with van der Waals surface area (Å²) < 4.78 is 4.36. The van der Waals surface area contributed by atoms with Gasteiger partial charge >= 0.3 is 0 Å². The predicted octanol–water partition coefficient (Wildman–Crippen LogP) is 3.64. The average molecular weight is 286 g/mol. The molecule has 0 amide bonds. The first-order valence-corrected chi connectivity index (χ1v) is 6.46. The molecular formula is C18H22O3. The Labute approximate surface area is 126 Å². The van der Waals surface area contributed by atoms with Crippen LogP contribution in [-0.2, 0) is 17.6 Å². The zero-order chi connectivity index (χ0) is 14.6. The molecule has 3 heteroatoms. The molecule has 0 saturated carbocycles. The van der Waals surface area contributed by atoms with Crippen molar-refractivity contribution in [2.45, 2.75) is 12.8 Å². The van der Waals surface area contributed by atoms with Crippen molar-refractivity contribution in [3.8, 4) is 5.75 Å². The minimum atomic E-state index is 0. The molecule has 0 aliphatic heterocycles. The molecule has 0 bridgehead atoms. The molecule has 3 N–H and O–H groups in total. The first-order chi connectivity index (χ1) is 9.77. The van der Waals surface area contributed by atoms with Gasteiger partial charge in [0.15, 0.2) is 0 Å². The lowest BCUT2D eigenvalue weighted by Crippen LogP contribution is -1.91. The topological polar surface area (TPSA) is 61.0 Å². The summed E-state index contributed by atoms with van der Waals surface area (Å²) >= 11 is 0. The molecule has 21 heavy (non-hydrogen) atoms. The molecule has 2 rings (SSSR count). The molecule has 112 valence electrons. The number of rotatable bonds is 5. The molecule has 0 aromatic heterocycles. The van der Waals surface area contributed by atoms with Gasteiger partial charge in [0, 0.05) is 0 Å². The first kappa shape index (κ1) is 18.5. The van der Waals surface area contributed by atoms with Crippen LogP contribution in [0.15, 0.2) is 80.3 Å². The number of phenolic OH excluding ortho intramolecular Hbond substituents is 1. The number of ether oxygens (including phenoxy) is 1. The van der Waals surface area contributed by atoms with Gasteiger partial charge in [0.05, 0.1) is 12.5 Å². The van der Waals surface area contributed by atoms with E-state index < -0.39 is 0 Å². The largest absolute Gasteiger partial charge is 0.508 e. The molecule has 0 saturated heterocycles. The van der Waals surface area contributed by atoms with E-state index in [0.29, 0.717) is 5.75 Å². The van der Waals surface area contributed by atoms with Gasteiger partial charge in [-0.3, -0.25) is 0 Å². The van der Waals surface area contributed by atoms with E-state index in [-0.39, 0.29) is 5.48 Å². The van der Waals surface area contributed by atoms with Crippen molar-refractivity contribution in [3.63, 3.8) is 0 Å². The summed E-state index contributed by atoms with van der Waals surface area (Å²) in [6.07, 6.45) is 4.48. The van der Waals surface area contributed by atoms with E-state index >= 15 is 0 Å². The Bertz CT molecular complexity index is 515. The second-order valence-electron chi connectivity index (χ2n) is 4.08. The van der Waals surface area contributed by atoms with Crippen molar-refractivity contribution in [2.24, 2.45) is 0 Å². The number of aryl methyl sites for hydroxylation is 2. The van der Waals surface area contributed by atoms with E-state index in [1.54, 1.807) is 6.07 Å². The summed E-state index contributed by atoms with van der Waals surface area (Å²) in [6, 6.07) is 17.8. The van der Waals surface area contributed by atoms with E-state index in [4.69, 9.17) is 0 Å². The average Bonchev–Trinajstić information content (AvgIpc) is 2.49. The van der Waals surface area contributed by atoms with Crippen LogP contribution in [0.25, 0.3) is 0 Å². The van der Waals surface area contributed by atoms with E-state index in [1.807, 2.05) is 36.4 Å². The Hall–Kier alpha value is -2.52. The Kier molecular flexibility index (Phi) is 9.96. The molecule has 2 aromatic rings. The van der Waals surface area contributed by atoms with Gasteiger partial charge in [-0.15, -0.1) is 0 Å². The highest BCUT2D eigenvalue weighted by Gasteiger charge is 1.99. The van der Waals surface area contributed by atoms with Crippen LogP contribution < -0.4 is 0 Å². The fourth-order valence-corrected chi connectivity index (χ4v) is 1.71. The standard InChI is InChI=1S/C14H14O.C4H6O.H2O/c15-14-9-5-4-8-13(14)11-10-12-6-2-1-3-7-12;1-3-5-4-2;/h1-9,15H,10-11H2;3-4H,1-2H2;1H2. The highest BCUT2D eigenvalue weighted by molar-refractivity contribution is 5.32. The Morgan fingerprint density at radius 2 is 1.43 bits per heavy atom.